The third-order valence-corrected chi connectivity index (χ3v) is 5.37. The molecule has 10 heteroatoms. The molecule has 1 saturated heterocycles. The number of nitrogens with two attached hydrogens (primary N) is 1. The van der Waals surface area contributed by atoms with Crippen LogP contribution in [0.5, 0.6) is 11.5 Å². The number of anilines is 3. The van der Waals surface area contributed by atoms with Gasteiger partial charge in [-0.1, -0.05) is 0 Å². The summed E-state index contributed by atoms with van der Waals surface area (Å²) in [6, 6.07) is 5.02. The van der Waals surface area contributed by atoms with Crippen molar-refractivity contribution in [3.05, 3.63) is 39.0 Å². The number of hydrogen-bond donors (Lipinski definition) is 2. The molecule has 1 aromatic carbocycles. The third-order valence-electron chi connectivity index (χ3n) is 5.37. The Kier molecular flexibility index (Phi) is 5.39. The first-order valence-corrected chi connectivity index (χ1v) is 9.99. The summed E-state index contributed by atoms with van der Waals surface area (Å²) in [7, 11) is 1.50. The van der Waals surface area contributed by atoms with E-state index in [0.717, 1.165) is 23.8 Å². The third kappa shape index (κ3) is 3.72. The quantitative estimate of drug-likeness (QED) is 0.747. The fourth-order valence-corrected chi connectivity index (χ4v) is 3.79. The van der Waals surface area contributed by atoms with Gasteiger partial charge in [-0.15, -0.1) is 0 Å². The lowest BCUT2D eigenvalue weighted by molar-refractivity contribution is -0.116. The molecule has 0 atom stereocenters. The average Bonchev–Trinajstić information content (AvgIpc) is 2.76. The highest BCUT2D eigenvalue weighted by Crippen LogP contribution is 2.32. The zero-order valence-corrected chi connectivity index (χ0v) is 16.8. The second kappa shape index (κ2) is 8.13. The molecule has 10 nitrogen and oxygen atoms in total. The van der Waals surface area contributed by atoms with E-state index in [2.05, 4.69) is 5.32 Å². The molecule has 2 aliphatic heterocycles. The van der Waals surface area contributed by atoms with E-state index in [1.807, 2.05) is 4.90 Å². The number of hydrogen-bond acceptors (Lipinski definition) is 7. The van der Waals surface area contributed by atoms with Crippen LogP contribution < -0.4 is 36.7 Å². The van der Waals surface area contributed by atoms with E-state index in [1.54, 1.807) is 18.2 Å². The van der Waals surface area contributed by atoms with Gasteiger partial charge in [-0.2, -0.15) is 0 Å². The predicted molar refractivity (Wildman–Crippen MR) is 112 cm³/mol. The summed E-state index contributed by atoms with van der Waals surface area (Å²) < 4.78 is 13.1. The Morgan fingerprint density at radius 1 is 1.10 bits per heavy atom. The number of carbonyl (C=O) groups is 1. The normalized spacial score (nSPS) is 15.7. The van der Waals surface area contributed by atoms with Crippen LogP contribution >= 0.6 is 0 Å². The number of amides is 1. The first-order chi connectivity index (χ1) is 14.5. The van der Waals surface area contributed by atoms with Crippen molar-refractivity contribution in [3.8, 4) is 11.5 Å². The van der Waals surface area contributed by atoms with Gasteiger partial charge in [0.2, 0.25) is 5.91 Å². The Balaban J connectivity index is 1.59. The number of nitrogens with one attached hydrogen (secondary N) is 1. The molecular formula is C20H25N5O5. The van der Waals surface area contributed by atoms with Crippen LogP contribution in [0.4, 0.5) is 17.2 Å². The summed E-state index contributed by atoms with van der Waals surface area (Å²) in [5.41, 5.74) is 5.68. The van der Waals surface area contributed by atoms with Gasteiger partial charge in [-0.05, 0) is 31.4 Å². The minimum Gasteiger partial charge on any atom is -0.486 e. The zero-order chi connectivity index (χ0) is 21.3. The lowest BCUT2D eigenvalue weighted by atomic mass is 10.1. The molecule has 1 aromatic heterocycles. The van der Waals surface area contributed by atoms with Gasteiger partial charge in [0.15, 0.2) is 11.5 Å². The topological polar surface area (TPSA) is 121 Å². The molecule has 2 aromatic rings. The molecule has 0 saturated carbocycles. The fourth-order valence-electron chi connectivity index (χ4n) is 3.79. The molecule has 3 heterocycles. The maximum Gasteiger partial charge on any atom is 0.332 e. The number of ether oxygens (including phenoxy) is 2. The number of fused-ring (bicyclic) bond motifs is 1. The van der Waals surface area contributed by atoms with Crippen LogP contribution in [-0.4, -0.2) is 41.3 Å². The SMILES string of the molecule is Cn1c(N)c(N2CCCCC2)c(=O)n(CC(=O)Nc2ccc3c(c2)OCCO3)c1=O. The summed E-state index contributed by atoms with van der Waals surface area (Å²) in [5.74, 6) is 0.761. The van der Waals surface area contributed by atoms with Gasteiger partial charge in [0.1, 0.15) is 31.3 Å². The molecule has 1 amide bonds. The molecule has 0 unspecified atom stereocenters. The van der Waals surface area contributed by atoms with E-state index in [4.69, 9.17) is 15.2 Å². The summed E-state index contributed by atoms with van der Waals surface area (Å²) in [4.78, 5) is 40.2. The smallest absolute Gasteiger partial charge is 0.332 e. The lowest BCUT2D eigenvalue weighted by Crippen LogP contribution is -2.46. The van der Waals surface area contributed by atoms with E-state index >= 15 is 0 Å². The molecule has 0 aliphatic carbocycles. The monoisotopic (exact) mass is 415 g/mol. The molecule has 0 bridgehead atoms. The largest absolute Gasteiger partial charge is 0.486 e. The van der Waals surface area contributed by atoms with Crippen LogP contribution in [0.25, 0.3) is 0 Å². The van der Waals surface area contributed by atoms with E-state index < -0.39 is 23.7 Å². The van der Waals surface area contributed by atoms with Crippen molar-refractivity contribution in [1.82, 2.24) is 9.13 Å². The minimum absolute atomic E-state index is 0.121. The van der Waals surface area contributed by atoms with Crippen molar-refractivity contribution < 1.29 is 14.3 Å². The molecule has 2 aliphatic rings. The number of nitrogen functional groups attached to an aromatic ring is 1. The molecular weight excluding hydrogens is 390 g/mol. The van der Waals surface area contributed by atoms with Gasteiger partial charge in [0.05, 0.1) is 0 Å². The maximum atomic E-state index is 13.1. The van der Waals surface area contributed by atoms with Crippen molar-refractivity contribution in [3.63, 3.8) is 0 Å². The second-order valence-electron chi connectivity index (χ2n) is 7.42. The standard InChI is InChI=1S/C20H25N5O5/c1-23-18(21)17(24-7-3-2-4-8-24)19(27)25(20(23)28)12-16(26)22-13-5-6-14-15(11-13)30-10-9-29-14/h5-6,11H,2-4,7-10,12,21H2,1H3,(H,22,26). The van der Waals surface area contributed by atoms with Crippen LogP contribution in [-0.2, 0) is 18.4 Å². The lowest BCUT2D eigenvalue weighted by Gasteiger charge is -2.29. The molecule has 1 fully saturated rings. The highest BCUT2D eigenvalue weighted by molar-refractivity contribution is 5.91. The van der Waals surface area contributed by atoms with Crippen LogP contribution in [0.3, 0.4) is 0 Å². The van der Waals surface area contributed by atoms with Crippen molar-refractivity contribution in [2.24, 2.45) is 7.05 Å². The summed E-state index contributed by atoms with van der Waals surface area (Å²) in [6.45, 7) is 1.88. The Hall–Kier alpha value is -3.43. The van der Waals surface area contributed by atoms with Crippen LogP contribution in [0.15, 0.2) is 27.8 Å². The Labute approximate surface area is 172 Å². The molecule has 30 heavy (non-hydrogen) atoms. The molecule has 3 N–H and O–H groups in total. The zero-order valence-electron chi connectivity index (χ0n) is 16.8. The first-order valence-electron chi connectivity index (χ1n) is 9.99. The predicted octanol–water partition coefficient (Wildman–Crippen LogP) is 0.529. The van der Waals surface area contributed by atoms with Gasteiger partial charge in [-0.25, -0.2) is 9.36 Å². The van der Waals surface area contributed by atoms with Crippen molar-refractivity contribution in [2.75, 3.05) is 42.3 Å². The van der Waals surface area contributed by atoms with Gasteiger partial charge in [0.25, 0.3) is 5.56 Å². The van der Waals surface area contributed by atoms with Crippen molar-refractivity contribution >= 4 is 23.1 Å². The van der Waals surface area contributed by atoms with Crippen molar-refractivity contribution in [1.29, 1.82) is 0 Å². The van der Waals surface area contributed by atoms with Crippen LogP contribution in [0, 0.1) is 0 Å². The summed E-state index contributed by atoms with van der Waals surface area (Å²) in [5, 5.41) is 2.70. The maximum absolute atomic E-state index is 13.1. The number of nitrogens with zero attached hydrogens (tertiary/aromatic N) is 3. The molecule has 4 rings (SSSR count). The molecule has 160 valence electrons. The highest BCUT2D eigenvalue weighted by atomic mass is 16.6. The van der Waals surface area contributed by atoms with E-state index in [1.165, 1.54) is 11.6 Å². The van der Waals surface area contributed by atoms with Gasteiger partial charge < -0.3 is 25.4 Å². The Morgan fingerprint density at radius 3 is 2.53 bits per heavy atom. The van der Waals surface area contributed by atoms with Crippen LogP contribution in [0.1, 0.15) is 19.3 Å². The summed E-state index contributed by atoms with van der Waals surface area (Å²) in [6.07, 6.45) is 2.99. The summed E-state index contributed by atoms with van der Waals surface area (Å²) >= 11 is 0. The first kappa shape index (κ1) is 19.9. The van der Waals surface area contributed by atoms with Crippen LogP contribution in [0.2, 0.25) is 0 Å². The van der Waals surface area contributed by atoms with E-state index in [9.17, 15) is 14.4 Å². The number of aromatic nitrogens is 2. The van der Waals surface area contributed by atoms with Gasteiger partial charge in [0, 0.05) is 31.9 Å². The van der Waals surface area contributed by atoms with Crippen molar-refractivity contribution in [2.45, 2.75) is 25.8 Å². The van der Waals surface area contributed by atoms with E-state index in [0.29, 0.717) is 43.5 Å². The average molecular weight is 415 g/mol. The number of piperidine rings is 1. The number of rotatable bonds is 4. The van der Waals surface area contributed by atoms with E-state index in [-0.39, 0.29) is 11.5 Å². The van der Waals surface area contributed by atoms with Gasteiger partial charge >= 0.3 is 5.69 Å². The Bertz CT molecular complexity index is 1080. The van der Waals surface area contributed by atoms with Gasteiger partial charge in [-0.3, -0.25) is 14.2 Å². The Morgan fingerprint density at radius 2 is 1.80 bits per heavy atom. The molecule has 0 spiro atoms. The fraction of sp³-hybridized carbons (Fsp3) is 0.450. The minimum atomic E-state index is -0.629. The number of benzene rings is 1. The highest BCUT2D eigenvalue weighted by Gasteiger charge is 2.23. The second-order valence-corrected chi connectivity index (χ2v) is 7.42. The number of carbonyl (C=O) groups excluding carboxylic acids is 1. The molecule has 0 radical (unpaired) electrons.